The van der Waals surface area contributed by atoms with Gasteiger partial charge in [0.2, 0.25) is 0 Å². The maximum Gasteiger partial charge on any atom is 0.191 e. The first kappa shape index (κ1) is 15.7. The molecule has 0 bridgehead atoms. The Hall–Kier alpha value is -1.72. The van der Waals surface area contributed by atoms with Gasteiger partial charge < -0.3 is 10.1 Å². The van der Waals surface area contributed by atoms with Gasteiger partial charge in [-0.05, 0) is 36.9 Å². The van der Waals surface area contributed by atoms with E-state index in [-0.39, 0.29) is 17.2 Å². The smallest absolute Gasteiger partial charge is 0.191 e. The lowest BCUT2D eigenvalue weighted by molar-refractivity contribution is 0.269. The molecule has 0 atom stereocenters. The zero-order valence-electron chi connectivity index (χ0n) is 11.2. The lowest BCUT2D eigenvalue weighted by atomic mass is 10.2. The zero-order chi connectivity index (χ0) is 15.4. The molecule has 0 saturated carbocycles. The summed E-state index contributed by atoms with van der Waals surface area (Å²) in [4.78, 5) is 0. The van der Waals surface area contributed by atoms with E-state index in [0.29, 0.717) is 12.1 Å². The number of halogens is 4. The summed E-state index contributed by atoms with van der Waals surface area (Å²) in [6.07, 6.45) is 0. The van der Waals surface area contributed by atoms with Crippen LogP contribution < -0.4 is 10.1 Å². The average molecular weight is 316 g/mol. The molecular weight excluding hydrogens is 303 g/mol. The minimum atomic E-state index is -0.840. The zero-order valence-corrected chi connectivity index (χ0v) is 12.0. The molecule has 0 heterocycles. The van der Waals surface area contributed by atoms with Gasteiger partial charge in [0.05, 0.1) is 5.02 Å². The van der Waals surface area contributed by atoms with E-state index in [0.717, 1.165) is 12.1 Å². The summed E-state index contributed by atoms with van der Waals surface area (Å²) in [7, 11) is 1.67. The van der Waals surface area contributed by atoms with E-state index in [4.69, 9.17) is 16.3 Å². The third-order valence-electron chi connectivity index (χ3n) is 2.86. The largest absolute Gasteiger partial charge is 0.483 e. The Kier molecular flexibility index (Phi) is 5.09. The van der Waals surface area contributed by atoms with E-state index < -0.39 is 23.2 Å². The minimum absolute atomic E-state index is 0.0530. The highest BCUT2D eigenvalue weighted by Gasteiger charge is 2.15. The summed E-state index contributed by atoms with van der Waals surface area (Å²) in [6.45, 7) is -0.0298. The first-order valence-electron chi connectivity index (χ1n) is 6.21. The van der Waals surface area contributed by atoms with Crippen LogP contribution in [-0.4, -0.2) is 7.05 Å². The second kappa shape index (κ2) is 6.83. The van der Waals surface area contributed by atoms with Gasteiger partial charge >= 0.3 is 0 Å². The molecule has 6 heteroatoms. The van der Waals surface area contributed by atoms with Crippen LogP contribution in [0.4, 0.5) is 13.2 Å². The molecule has 0 radical (unpaired) electrons. The SMILES string of the molecule is CNCc1cc(F)c(OCc2c(F)cccc2Cl)c(F)c1. The van der Waals surface area contributed by atoms with Crippen molar-refractivity contribution in [1.82, 2.24) is 5.32 Å². The molecule has 112 valence electrons. The Balaban J connectivity index is 2.21. The summed E-state index contributed by atoms with van der Waals surface area (Å²) < 4.78 is 46.2. The minimum Gasteiger partial charge on any atom is -0.483 e. The Bertz CT molecular complexity index is 606. The van der Waals surface area contributed by atoms with Crippen molar-refractivity contribution in [3.63, 3.8) is 0 Å². The molecule has 2 aromatic rings. The van der Waals surface area contributed by atoms with Crippen LogP contribution in [0.25, 0.3) is 0 Å². The van der Waals surface area contributed by atoms with E-state index in [2.05, 4.69) is 5.32 Å². The van der Waals surface area contributed by atoms with E-state index in [1.807, 2.05) is 0 Å². The molecule has 0 aromatic heterocycles. The molecule has 0 unspecified atom stereocenters. The molecular formula is C15H13ClF3NO. The third-order valence-corrected chi connectivity index (χ3v) is 3.22. The van der Waals surface area contributed by atoms with Crippen molar-refractivity contribution in [2.75, 3.05) is 7.05 Å². The quantitative estimate of drug-likeness (QED) is 0.898. The second-order valence-electron chi connectivity index (χ2n) is 4.41. The maximum absolute atomic E-state index is 13.8. The van der Waals surface area contributed by atoms with E-state index >= 15 is 0 Å². The summed E-state index contributed by atoms with van der Waals surface area (Å²) in [6, 6.07) is 6.45. The molecule has 21 heavy (non-hydrogen) atoms. The second-order valence-corrected chi connectivity index (χ2v) is 4.82. The van der Waals surface area contributed by atoms with Crippen molar-refractivity contribution in [2.24, 2.45) is 0 Å². The van der Waals surface area contributed by atoms with Gasteiger partial charge in [0.15, 0.2) is 17.4 Å². The van der Waals surface area contributed by atoms with E-state index in [9.17, 15) is 13.2 Å². The highest BCUT2D eigenvalue weighted by molar-refractivity contribution is 6.31. The van der Waals surface area contributed by atoms with Gasteiger partial charge in [0.1, 0.15) is 12.4 Å². The number of hydrogen-bond donors (Lipinski definition) is 1. The third kappa shape index (κ3) is 3.68. The topological polar surface area (TPSA) is 21.3 Å². The van der Waals surface area contributed by atoms with Crippen molar-refractivity contribution >= 4 is 11.6 Å². The van der Waals surface area contributed by atoms with Gasteiger partial charge in [-0.1, -0.05) is 17.7 Å². The van der Waals surface area contributed by atoms with Gasteiger partial charge in [-0.25, -0.2) is 13.2 Å². The van der Waals surface area contributed by atoms with Crippen LogP contribution in [0.1, 0.15) is 11.1 Å². The predicted octanol–water partition coefficient (Wildman–Crippen LogP) is 4.06. The fraction of sp³-hybridized carbons (Fsp3) is 0.200. The van der Waals surface area contributed by atoms with Crippen LogP contribution >= 0.6 is 11.6 Å². The first-order valence-corrected chi connectivity index (χ1v) is 6.59. The molecule has 2 aromatic carbocycles. The number of nitrogens with one attached hydrogen (secondary N) is 1. The van der Waals surface area contributed by atoms with Crippen LogP contribution in [0.3, 0.4) is 0 Å². The fourth-order valence-electron chi connectivity index (χ4n) is 1.87. The molecule has 2 nitrogen and oxygen atoms in total. The lowest BCUT2D eigenvalue weighted by Crippen LogP contribution is -2.07. The molecule has 0 saturated heterocycles. The fourth-order valence-corrected chi connectivity index (χ4v) is 2.09. The number of rotatable bonds is 5. The molecule has 0 aliphatic rings. The molecule has 2 rings (SSSR count). The van der Waals surface area contributed by atoms with Crippen molar-refractivity contribution in [2.45, 2.75) is 13.2 Å². The summed E-state index contributed by atoms with van der Waals surface area (Å²) >= 11 is 5.83. The predicted molar refractivity (Wildman–Crippen MR) is 74.9 cm³/mol. The Morgan fingerprint density at radius 1 is 1.10 bits per heavy atom. The normalized spacial score (nSPS) is 10.7. The monoisotopic (exact) mass is 315 g/mol. The number of hydrogen-bond acceptors (Lipinski definition) is 2. The van der Waals surface area contributed by atoms with Crippen LogP contribution in [0, 0.1) is 17.5 Å². The van der Waals surface area contributed by atoms with Gasteiger partial charge in [0.25, 0.3) is 0 Å². The summed E-state index contributed by atoms with van der Waals surface area (Å²) in [5.74, 6) is -2.82. The summed E-state index contributed by atoms with van der Waals surface area (Å²) in [5.41, 5.74) is 0.501. The molecule has 0 amide bonds. The molecule has 0 fully saturated rings. The van der Waals surface area contributed by atoms with Crippen LogP contribution in [0.5, 0.6) is 5.75 Å². The van der Waals surface area contributed by atoms with E-state index in [1.54, 1.807) is 7.05 Å². The van der Waals surface area contributed by atoms with Crippen LogP contribution in [0.15, 0.2) is 30.3 Å². The van der Waals surface area contributed by atoms with Gasteiger partial charge in [-0.2, -0.15) is 0 Å². The van der Waals surface area contributed by atoms with Crippen LogP contribution in [-0.2, 0) is 13.2 Å². The average Bonchev–Trinajstić information content (AvgIpc) is 2.41. The summed E-state index contributed by atoms with van der Waals surface area (Å²) in [5, 5.41) is 2.93. The van der Waals surface area contributed by atoms with Gasteiger partial charge in [-0.3, -0.25) is 0 Å². The Morgan fingerprint density at radius 3 is 2.33 bits per heavy atom. The molecule has 1 N–H and O–H groups in total. The van der Waals surface area contributed by atoms with Crippen molar-refractivity contribution < 1.29 is 17.9 Å². The van der Waals surface area contributed by atoms with Crippen molar-refractivity contribution in [1.29, 1.82) is 0 Å². The van der Waals surface area contributed by atoms with Crippen LogP contribution in [0.2, 0.25) is 5.02 Å². The highest BCUT2D eigenvalue weighted by atomic mass is 35.5. The van der Waals surface area contributed by atoms with Crippen molar-refractivity contribution in [3.8, 4) is 5.75 Å². The van der Waals surface area contributed by atoms with E-state index in [1.165, 1.54) is 18.2 Å². The van der Waals surface area contributed by atoms with Gasteiger partial charge in [-0.15, -0.1) is 0 Å². The lowest BCUT2D eigenvalue weighted by Gasteiger charge is -2.11. The standard InChI is InChI=1S/C15H13ClF3NO/c1-20-7-9-5-13(18)15(14(19)6-9)21-8-10-11(16)3-2-4-12(10)17/h2-6,20H,7-8H2,1H3. The molecule has 0 aliphatic carbocycles. The molecule has 0 aliphatic heterocycles. The Labute approximate surface area is 125 Å². The highest BCUT2D eigenvalue weighted by Crippen LogP contribution is 2.26. The number of benzene rings is 2. The van der Waals surface area contributed by atoms with Crippen molar-refractivity contribution in [3.05, 3.63) is 63.9 Å². The molecule has 0 spiro atoms. The Morgan fingerprint density at radius 2 is 1.76 bits per heavy atom. The number of ether oxygens (including phenoxy) is 1. The maximum atomic E-state index is 13.8. The van der Waals surface area contributed by atoms with Gasteiger partial charge in [0, 0.05) is 12.1 Å². The first-order chi connectivity index (χ1) is 10.0.